The minimum Gasteiger partial charge on any atom is -0.462 e. The molecule has 3 N–H and O–H groups in total. The lowest BCUT2D eigenvalue weighted by atomic mass is 9.81. The molecular formula is C24H51N3O7. The van der Waals surface area contributed by atoms with Crippen LogP contribution in [0.2, 0.25) is 0 Å². The van der Waals surface area contributed by atoms with Gasteiger partial charge in [-0.1, -0.05) is 36.6 Å². The zero-order chi connectivity index (χ0) is 23.3. The maximum absolute atomic E-state index is 12.4. The van der Waals surface area contributed by atoms with E-state index in [2.05, 4.69) is 16.0 Å². The smallest absolute Gasteiger partial charge is 0.315 e. The van der Waals surface area contributed by atoms with Crippen molar-refractivity contribution in [3.05, 3.63) is 0 Å². The molecule has 3 amide bonds. The first-order valence-electron chi connectivity index (χ1n) is 10.0. The number of carbonyl (C=O) groups excluding carboxylic acids is 5. The summed E-state index contributed by atoms with van der Waals surface area (Å²) in [5, 5.41) is 7.54. The minimum atomic E-state index is -0.886. The first kappa shape index (κ1) is 41.6. The maximum atomic E-state index is 12.4. The molecule has 0 saturated carbocycles. The van der Waals surface area contributed by atoms with E-state index in [4.69, 9.17) is 9.47 Å². The molecule has 0 rings (SSSR count). The van der Waals surface area contributed by atoms with Gasteiger partial charge in [0, 0.05) is 18.9 Å². The highest BCUT2D eigenvalue weighted by molar-refractivity contribution is 5.94. The van der Waals surface area contributed by atoms with Crippen LogP contribution in [-0.4, -0.2) is 55.6 Å². The Bertz CT molecular complexity index is 620. The summed E-state index contributed by atoms with van der Waals surface area (Å²) in [4.78, 5) is 58.3. The van der Waals surface area contributed by atoms with Crippen LogP contribution in [0.1, 0.15) is 90.5 Å². The monoisotopic (exact) mass is 493 g/mol. The van der Waals surface area contributed by atoms with Crippen LogP contribution in [0.25, 0.3) is 0 Å². The number of nitrogens with one attached hydrogen (secondary N) is 3. The topological polar surface area (TPSA) is 140 Å². The number of carbonyl (C=O) groups is 5. The molecule has 0 aliphatic heterocycles. The van der Waals surface area contributed by atoms with Crippen LogP contribution in [0, 0.1) is 11.3 Å². The van der Waals surface area contributed by atoms with Gasteiger partial charge in [0.25, 0.3) is 0 Å². The lowest BCUT2D eigenvalue weighted by Crippen LogP contribution is -2.39. The van der Waals surface area contributed by atoms with Gasteiger partial charge in [0.15, 0.2) is 0 Å². The van der Waals surface area contributed by atoms with Crippen LogP contribution in [-0.2, 0) is 33.4 Å². The van der Waals surface area contributed by atoms with Gasteiger partial charge in [-0.15, -0.1) is 0 Å². The molecule has 0 saturated heterocycles. The normalized spacial score (nSPS) is 10.6. The average Bonchev–Trinajstić information content (AvgIpc) is 2.61. The highest BCUT2D eigenvalue weighted by Crippen LogP contribution is 2.29. The van der Waals surface area contributed by atoms with E-state index in [0.29, 0.717) is 12.8 Å². The molecule has 0 heterocycles. The van der Waals surface area contributed by atoms with Crippen LogP contribution in [0.4, 0.5) is 0 Å². The molecule has 0 aromatic heterocycles. The van der Waals surface area contributed by atoms with Crippen molar-refractivity contribution in [1.82, 2.24) is 16.0 Å². The highest BCUT2D eigenvalue weighted by atomic mass is 16.6. The minimum absolute atomic E-state index is 0. The van der Waals surface area contributed by atoms with Gasteiger partial charge in [0.05, 0.1) is 12.1 Å². The van der Waals surface area contributed by atoms with Gasteiger partial charge in [-0.3, -0.25) is 24.0 Å². The van der Waals surface area contributed by atoms with Crippen molar-refractivity contribution in [3.8, 4) is 0 Å². The van der Waals surface area contributed by atoms with Crippen LogP contribution < -0.4 is 16.0 Å². The summed E-state index contributed by atoms with van der Waals surface area (Å²) in [6.45, 7) is 9.90. The van der Waals surface area contributed by atoms with E-state index in [0.717, 1.165) is 0 Å². The molecule has 0 aliphatic carbocycles. The summed E-state index contributed by atoms with van der Waals surface area (Å²) < 4.78 is 10.0. The first-order valence-corrected chi connectivity index (χ1v) is 10.0. The zero-order valence-electron chi connectivity index (χ0n) is 18.8. The van der Waals surface area contributed by atoms with E-state index in [9.17, 15) is 24.0 Å². The van der Waals surface area contributed by atoms with Gasteiger partial charge in [-0.2, -0.15) is 0 Å². The largest absolute Gasteiger partial charge is 0.462 e. The Balaban J connectivity index is -0.000000701. The Kier molecular flexibility index (Phi) is 25.6. The number of hydrogen-bond donors (Lipinski definition) is 3. The summed E-state index contributed by atoms with van der Waals surface area (Å²) in [6.07, 6.45) is 0.411. The molecule has 10 nitrogen and oxygen atoms in total. The van der Waals surface area contributed by atoms with Crippen molar-refractivity contribution < 1.29 is 33.4 Å². The predicted molar refractivity (Wildman–Crippen MR) is 136 cm³/mol. The molecule has 204 valence electrons. The molecule has 1 atom stereocenters. The van der Waals surface area contributed by atoms with Gasteiger partial charge < -0.3 is 25.4 Å². The standard InChI is InChI=1S/C20H35N3O7.4CH4/c1-7-15(18(27)23-13(2)3)11-20(5,6)19(28)30-9-8-29-17(26)10-16(25)22-12-21-14(4)24;;;;/h13,15H,7-12H2,1-6H3,(H,21,24)(H,22,25)(H,23,27);4*1H4. The van der Waals surface area contributed by atoms with Crippen LogP contribution >= 0.6 is 0 Å². The Hall–Kier alpha value is -2.65. The molecule has 0 bridgehead atoms. The Morgan fingerprint density at radius 2 is 1.41 bits per heavy atom. The third-order valence-electron chi connectivity index (χ3n) is 4.11. The van der Waals surface area contributed by atoms with E-state index < -0.39 is 29.7 Å². The van der Waals surface area contributed by atoms with Crippen molar-refractivity contribution in [2.45, 2.75) is 96.6 Å². The van der Waals surface area contributed by atoms with Gasteiger partial charge >= 0.3 is 11.9 Å². The van der Waals surface area contributed by atoms with Crippen molar-refractivity contribution in [2.75, 3.05) is 19.9 Å². The fourth-order valence-electron chi connectivity index (χ4n) is 2.52. The van der Waals surface area contributed by atoms with Crippen LogP contribution in [0.3, 0.4) is 0 Å². The highest BCUT2D eigenvalue weighted by Gasteiger charge is 2.34. The quantitative estimate of drug-likeness (QED) is 0.155. The maximum Gasteiger partial charge on any atom is 0.315 e. The molecule has 0 aliphatic rings. The second-order valence-electron chi connectivity index (χ2n) is 7.90. The number of esters is 2. The summed E-state index contributed by atoms with van der Waals surface area (Å²) in [5.41, 5.74) is -0.886. The molecule has 0 aromatic rings. The fourth-order valence-corrected chi connectivity index (χ4v) is 2.52. The molecule has 0 fully saturated rings. The summed E-state index contributed by atoms with van der Waals surface area (Å²) in [5.74, 6) is -2.60. The van der Waals surface area contributed by atoms with Gasteiger partial charge in [-0.05, 0) is 40.5 Å². The van der Waals surface area contributed by atoms with Crippen molar-refractivity contribution >= 4 is 29.7 Å². The predicted octanol–water partition coefficient (Wildman–Crippen LogP) is 3.18. The van der Waals surface area contributed by atoms with Crippen molar-refractivity contribution in [1.29, 1.82) is 0 Å². The summed E-state index contributed by atoms with van der Waals surface area (Å²) in [7, 11) is 0. The summed E-state index contributed by atoms with van der Waals surface area (Å²) >= 11 is 0. The number of hydrogen-bond acceptors (Lipinski definition) is 7. The second kappa shape index (κ2) is 20.9. The van der Waals surface area contributed by atoms with Crippen LogP contribution in [0.5, 0.6) is 0 Å². The first-order chi connectivity index (χ1) is 13.9. The van der Waals surface area contributed by atoms with E-state index in [1.54, 1.807) is 13.8 Å². The molecule has 34 heavy (non-hydrogen) atoms. The molecule has 1 unspecified atom stereocenters. The Morgan fingerprint density at radius 1 is 0.882 bits per heavy atom. The molecule has 0 radical (unpaired) electrons. The third-order valence-corrected chi connectivity index (χ3v) is 4.11. The Morgan fingerprint density at radius 3 is 1.88 bits per heavy atom. The molecule has 0 aromatic carbocycles. The lowest BCUT2D eigenvalue weighted by Gasteiger charge is -2.27. The van der Waals surface area contributed by atoms with Crippen LogP contribution in [0.15, 0.2) is 0 Å². The number of amides is 3. The van der Waals surface area contributed by atoms with Gasteiger partial charge in [0.1, 0.15) is 19.6 Å². The van der Waals surface area contributed by atoms with Gasteiger partial charge in [0.2, 0.25) is 17.7 Å². The second-order valence-corrected chi connectivity index (χ2v) is 7.90. The van der Waals surface area contributed by atoms with E-state index in [1.807, 2.05) is 20.8 Å². The number of ether oxygens (including phenoxy) is 2. The van der Waals surface area contributed by atoms with Crippen molar-refractivity contribution in [2.24, 2.45) is 11.3 Å². The lowest BCUT2D eigenvalue weighted by molar-refractivity contribution is -0.160. The summed E-state index contributed by atoms with van der Waals surface area (Å²) in [6, 6.07) is 0.0174. The molecule has 10 heteroatoms. The van der Waals surface area contributed by atoms with Crippen molar-refractivity contribution in [3.63, 3.8) is 0 Å². The zero-order valence-corrected chi connectivity index (χ0v) is 18.8. The van der Waals surface area contributed by atoms with E-state index in [-0.39, 0.29) is 73.4 Å². The molecular weight excluding hydrogens is 442 g/mol. The van der Waals surface area contributed by atoms with E-state index in [1.165, 1.54) is 6.92 Å². The Labute approximate surface area is 207 Å². The number of rotatable bonds is 13. The van der Waals surface area contributed by atoms with E-state index >= 15 is 0 Å². The fraction of sp³-hybridized carbons (Fsp3) is 0.792. The van der Waals surface area contributed by atoms with Gasteiger partial charge in [-0.25, -0.2) is 0 Å². The average molecular weight is 494 g/mol. The third kappa shape index (κ3) is 18.9. The molecule has 0 spiro atoms. The SMILES string of the molecule is C.C.C.C.CCC(CC(C)(C)C(=O)OCCOC(=O)CC(=O)NCNC(C)=O)C(=O)NC(C)C.